The number of amides is 1. The molecule has 0 aliphatic carbocycles. The molecule has 1 atom stereocenters. The van der Waals surface area contributed by atoms with Crippen LogP contribution in [-0.4, -0.2) is 43.8 Å². The number of hydrogen-bond donors (Lipinski definition) is 1. The molecule has 4 nitrogen and oxygen atoms in total. The van der Waals surface area contributed by atoms with Gasteiger partial charge in [-0.05, 0) is 53.8 Å². The zero-order valence-corrected chi connectivity index (χ0v) is 12.2. The van der Waals surface area contributed by atoms with Crippen LogP contribution in [0.2, 0.25) is 0 Å². The molecule has 0 saturated heterocycles. The molecular formula is C13H28N2O2. The van der Waals surface area contributed by atoms with Crippen LogP contribution in [0.5, 0.6) is 0 Å². The van der Waals surface area contributed by atoms with E-state index in [-0.39, 0.29) is 6.09 Å². The number of carbonyl (C=O) groups is 1. The van der Waals surface area contributed by atoms with E-state index in [1.807, 2.05) is 20.8 Å². The second kappa shape index (κ2) is 7.54. The summed E-state index contributed by atoms with van der Waals surface area (Å²) >= 11 is 0. The monoisotopic (exact) mass is 244 g/mol. The molecule has 0 aromatic heterocycles. The topological polar surface area (TPSA) is 41.6 Å². The highest BCUT2D eigenvalue weighted by Crippen LogP contribution is 2.09. The second-order valence-electron chi connectivity index (χ2n) is 5.75. The van der Waals surface area contributed by atoms with Crippen molar-refractivity contribution in [1.82, 2.24) is 10.2 Å². The summed E-state index contributed by atoms with van der Waals surface area (Å²) in [5.74, 6) is 0.518. The maximum Gasteiger partial charge on any atom is 0.407 e. The fourth-order valence-electron chi connectivity index (χ4n) is 1.43. The van der Waals surface area contributed by atoms with E-state index in [1.54, 1.807) is 0 Å². The van der Waals surface area contributed by atoms with Crippen LogP contribution in [0, 0.1) is 5.92 Å². The molecule has 0 aromatic rings. The third kappa shape index (κ3) is 10.1. The van der Waals surface area contributed by atoms with Crippen LogP contribution in [0.4, 0.5) is 4.79 Å². The summed E-state index contributed by atoms with van der Waals surface area (Å²) in [5, 5.41) is 2.83. The number of rotatable bonds is 6. The fraction of sp³-hybridized carbons (Fsp3) is 0.923. The molecule has 4 heteroatoms. The lowest BCUT2D eigenvalue weighted by atomic mass is 10.0. The van der Waals surface area contributed by atoms with E-state index in [2.05, 4.69) is 31.2 Å². The highest BCUT2D eigenvalue weighted by molar-refractivity contribution is 5.67. The lowest BCUT2D eigenvalue weighted by Gasteiger charge is -2.22. The van der Waals surface area contributed by atoms with E-state index >= 15 is 0 Å². The molecule has 1 amide bonds. The Morgan fingerprint density at radius 1 is 1.35 bits per heavy atom. The maximum atomic E-state index is 11.5. The first kappa shape index (κ1) is 16.2. The van der Waals surface area contributed by atoms with E-state index in [0.29, 0.717) is 12.5 Å². The Morgan fingerprint density at radius 2 is 1.94 bits per heavy atom. The number of alkyl carbamates (subject to hydrolysis) is 1. The van der Waals surface area contributed by atoms with Crippen LogP contribution >= 0.6 is 0 Å². The van der Waals surface area contributed by atoms with Gasteiger partial charge in [0.15, 0.2) is 0 Å². The van der Waals surface area contributed by atoms with Crippen molar-refractivity contribution in [2.45, 2.75) is 46.1 Å². The van der Waals surface area contributed by atoms with Gasteiger partial charge < -0.3 is 15.0 Å². The molecule has 1 unspecified atom stereocenters. The summed E-state index contributed by atoms with van der Waals surface area (Å²) in [6.07, 6.45) is 1.85. The standard InChI is InChI=1S/C13H28N2O2/c1-7-11(8-9-15(5)6)10-14-12(16)17-13(2,3)4/h11H,7-10H2,1-6H3,(H,14,16). The van der Waals surface area contributed by atoms with Crippen molar-refractivity contribution in [3.8, 4) is 0 Å². The van der Waals surface area contributed by atoms with Crippen molar-refractivity contribution in [3.05, 3.63) is 0 Å². The van der Waals surface area contributed by atoms with Crippen LogP contribution in [0.1, 0.15) is 40.5 Å². The van der Waals surface area contributed by atoms with Crippen molar-refractivity contribution in [1.29, 1.82) is 0 Å². The van der Waals surface area contributed by atoms with Gasteiger partial charge in [0.1, 0.15) is 5.60 Å². The van der Waals surface area contributed by atoms with Gasteiger partial charge in [-0.25, -0.2) is 4.79 Å². The SMILES string of the molecule is CCC(CCN(C)C)CNC(=O)OC(C)(C)C. The normalized spacial score (nSPS) is 13.6. The number of nitrogens with one attached hydrogen (secondary N) is 1. The second-order valence-corrected chi connectivity index (χ2v) is 5.75. The maximum absolute atomic E-state index is 11.5. The lowest BCUT2D eigenvalue weighted by molar-refractivity contribution is 0.0517. The Bertz CT molecular complexity index is 222. The molecule has 17 heavy (non-hydrogen) atoms. The predicted molar refractivity (Wildman–Crippen MR) is 71.2 cm³/mol. The van der Waals surface area contributed by atoms with Gasteiger partial charge in [0, 0.05) is 6.54 Å². The van der Waals surface area contributed by atoms with E-state index in [1.165, 1.54) is 0 Å². The third-order valence-corrected chi connectivity index (χ3v) is 2.50. The number of carbonyl (C=O) groups excluding carboxylic acids is 1. The molecule has 1 N–H and O–H groups in total. The van der Waals surface area contributed by atoms with E-state index in [0.717, 1.165) is 19.4 Å². The van der Waals surface area contributed by atoms with Crippen molar-refractivity contribution in [3.63, 3.8) is 0 Å². The Balaban J connectivity index is 3.86. The van der Waals surface area contributed by atoms with Gasteiger partial charge in [-0.3, -0.25) is 0 Å². The van der Waals surface area contributed by atoms with Gasteiger partial charge in [0.25, 0.3) is 0 Å². The highest BCUT2D eigenvalue weighted by Gasteiger charge is 2.16. The summed E-state index contributed by atoms with van der Waals surface area (Å²) in [4.78, 5) is 13.6. The summed E-state index contributed by atoms with van der Waals surface area (Å²) in [7, 11) is 4.13. The molecule has 0 aliphatic heterocycles. The molecule has 0 heterocycles. The fourth-order valence-corrected chi connectivity index (χ4v) is 1.43. The van der Waals surface area contributed by atoms with Gasteiger partial charge >= 0.3 is 6.09 Å². The molecule has 0 spiro atoms. The van der Waals surface area contributed by atoms with Crippen molar-refractivity contribution in [2.24, 2.45) is 5.92 Å². The first-order chi connectivity index (χ1) is 7.74. The van der Waals surface area contributed by atoms with Crippen LogP contribution in [-0.2, 0) is 4.74 Å². The first-order valence-corrected chi connectivity index (χ1v) is 6.36. The van der Waals surface area contributed by atoms with Crippen LogP contribution in [0.3, 0.4) is 0 Å². The Hall–Kier alpha value is -0.770. The zero-order chi connectivity index (χ0) is 13.5. The summed E-state index contributed by atoms with van der Waals surface area (Å²) in [6.45, 7) is 9.51. The quantitative estimate of drug-likeness (QED) is 0.780. The van der Waals surface area contributed by atoms with Crippen molar-refractivity contribution < 1.29 is 9.53 Å². The molecule has 0 bridgehead atoms. The average Bonchev–Trinajstić information content (AvgIpc) is 2.14. The lowest BCUT2D eigenvalue weighted by Crippen LogP contribution is -2.35. The minimum absolute atomic E-state index is 0.319. The van der Waals surface area contributed by atoms with Gasteiger partial charge in [-0.2, -0.15) is 0 Å². The number of nitrogens with zero attached hydrogens (tertiary/aromatic N) is 1. The predicted octanol–water partition coefficient (Wildman–Crippen LogP) is 2.49. The van der Waals surface area contributed by atoms with Gasteiger partial charge in [0.05, 0.1) is 0 Å². The van der Waals surface area contributed by atoms with Crippen LogP contribution < -0.4 is 5.32 Å². The average molecular weight is 244 g/mol. The Kier molecular flexibility index (Phi) is 7.19. The summed E-state index contributed by atoms with van der Waals surface area (Å²) in [6, 6.07) is 0. The highest BCUT2D eigenvalue weighted by atomic mass is 16.6. The van der Waals surface area contributed by atoms with Crippen molar-refractivity contribution >= 4 is 6.09 Å². The largest absolute Gasteiger partial charge is 0.444 e. The van der Waals surface area contributed by atoms with E-state index in [4.69, 9.17) is 4.74 Å². The van der Waals surface area contributed by atoms with E-state index in [9.17, 15) is 4.79 Å². The van der Waals surface area contributed by atoms with E-state index < -0.39 is 5.60 Å². The van der Waals surface area contributed by atoms with Gasteiger partial charge in [0.2, 0.25) is 0 Å². The molecule has 0 fully saturated rings. The van der Waals surface area contributed by atoms with Gasteiger partial charge in [-0.1, -0.05) is 13.3 Å². The molecule has 0 rings (SSSR count). The molecule has 0 aliphatic rings. The molecular weight excluding hydrogens is 216 g/mol. The third-order valence-electron chi connectivity index (χ3n) is 2.50. The van der Waals surface area contributed by atoms with Crippen LogP contribution in [0.25, 0.3) is 0 Å². The minimum atomic E-state index is -0.421. The number of hydrogen-bond acceptors (Lipinski definition) is 3. The van der Waals surface area contributed by atoms with Gasteiger partial charge in [-0.15, -0.1) is 0 Å². The number of ether oxygens (including phenoxy) is 1. The molecule has 0 radical (unpaired) electrons. The van der Waals surface area contributed by atoms with Crippen molar-refractivity contribution in [2.75, 3.05) is 27.2 Å². The molecule has 0 aromatic carbocycles. The summed E-state index contributed by atoms with van der Waals surface area (Å²) < 4.78 is 5.20. The smallest absolute Gasteiger partial charge is 0.407 e. The van der Waals surface area contributed by atoms with Crippen LogP contribution in [0.15, 0.2) is 0 Å². The zero-order valence-electron chi connectivity index (χ0n) is 12.2. The Labute approximate surface area is 106 Å². The first-order valence-electron chi connectivity index (χ1n) is 6.36. The summed E-state index contributed by atoms with van der Waals surface area (Å²) in [5.41, 5.74) is -0.421. The molecule has 102 valence electrons. The Morgan fingerprint density at radius 3 is 2.35 bits per heavy atom. The molecule has 0 saturated carbocycles. The minimum Gasteiger partial charge on any atom is -0.444 e.